The van der Waals surface area contributed by atoms with Crippen molar-refractivity contribution in [3.8, 4) is 0 Å². The first kappa shape index (κ1) is 9.24. The Balaban J connectivity index is 2.68. The molecule has 66 valence electrons. The maximum absolute atomic E-state index is 4.46. The minimum absolute atomic E-state index is 0.190. The van der Waals surface area contributed by atoms with Gasteiger partial charge in [0.15, 0.2) is 0 Å². The Labute approximate surface area is 74.9 Å². The first-order valence-electron chi connectivity index (χ1n) is 4.49. The minimum Gasteiger partial charge on any atom is -0.289 e. The molecule has 0 aromatic carbocycles. The molecule has 0 N–H and O–H groups in total. The molecule has 0 radical (unpaired) electrons. The molecule has 1 rings (SSSR count). The lowest BCUT2D eigenvalue weighted by molar-refractivity contribution is 0.374. The fourth-order valence-electron chi connectivity index (χ4n) is 1.52. The van der Waals surface area contributed by atoms with E-state index in [2.05, 4.69) is 44.0 Å². The van der Waals surface area contributed by atoms with Crippen LogP contribution in [0.25, 0.3) is 0 Å². The molecule has 0 aromatic rings. The Morgan fingerprint density at radius 1 is 1.50 bits per heavy atom. The molecule has 0 aliphatic carbocycles. The van der Waals surface area contributed by atoms with Gasteiger partial charge in [-0.1, -0.05) is 32.1 Å². The van der Waals surface area contributed by atoms with E-state index in [4.69, 9.17) is 0 Å². The van der Waals surface area contributed by atoms with Gasteiger partial charge in [0.1, 0.15) is 0 Å². The van der Waals surface area contributed by atoms with Gasteiger partial charge in [-0.15, -0.1) is 0 Å². The number of dihydropyridines is 1. The van der Waals surface area contributed by atoms with Gasteiger partial charge in [0, 0.05) is 11.6 Å². The van der Waals surface area contributed by atoms with Crippen molar-refractivity contribution in [2.75, 3.05) is 0 Å². The van der Waals surface area contributed by atoms with Crippen LogP contribution < -0.4 is 0 Å². The predicted molar refractivity (Wildman–Crippen MR) is 54.6 cm³/mol. The second-order valence-corrected chi connectivity index (χ2v) is 3.80. The van der Waals surface area contributed by atoms with Gasteiger partial charge in [0.2, 0.25) is 0 Å². The predicted octanol–water partition coefficient (Wildman–Crippen LogP) is 2.99. The molecule has 0 saturated heterocycles. The Morgan fingerprint density at radius 2 is 2.25 bits per heavy atom. The summed E-state index contributed by atoms with van der Waals surface area (Å²) in [7, 11) is 0. The summed E-state index contributed by atoms with van der Waals surface area (Å²) in [6.07, 6.45) is 11.5. The van der Waals surface area contributed by atoms with E-state index in [1.165, 1.54) is 0 Å². The second-order valence-electron chi connectivity index (χ2n) is 3.80. The highest BCUT2D eigenvalue weighted by molar-refractivity contribution is 5.72. The molecule has 0 spiro atoms. The van der Waals surface area contributed by atoms with Crippen molar-refractivity contribution in [2.24, 2.45) is 10.4 Å². The van der Waals surface area contributed by atoms with Gasteiger partial charge in [-0.2, -0.15) is 0 Å². The zero-order valence-electron chi connectivity index (χ0n) is 8.12. The monoisotopic (exact) mass is 163 g/mol. The molecule has 0 bridgehead atoms. The highest BCUT2D eigenvalue weighted by atomic mass is 14.8. The third kappa shape index (κ3) is 2.07. The average molecular weight is 163 g/mol. The lowest BCUT2D eigenvalue weighted by Gasteiger charge is -2.28. The van der Waals surface area contributed by atoms with E-state index in [1.54, 1.807) is 0 Å². The van der Waals surface area contributed by atoms with Crippen LogP contribution in [-0.4, -0.2) is 12.3 Å². The van der Waals surface area contributed by atoms with Crippen LogP contribution in [-0.2, 0) is 0 Å². The van der Waals surface area contributed by atoms with Gasteiger partial charge in [-0.05, 0) is 19.4 Å². The Hall–Kier alpha value is -0.850. The van der Waals surface area contributed by atoms with Crippen molar-refractivity contribution in [1.82, 2.24) is 0 Å². The molecular formula is C11H17N. The van der Waals surface area contributed by atoms with Crippen LogP contribution in [0.15, 0.2) is 29.3 Å². The number of rotatable bonds is 2. The summed E-state index contributed by atoms with van der Waals surface area (Å²) in [5.74, 6) is 0. The third-order valence-corrected chi connectivity index (χ3v) is 2.30. The summed E-state index contributed by atoms with van der Waals surface area (Å²) in [4.78, 5) is 4.46. The van der Waals surface area contributed by atoms with Gasteiger partial charge in [0.05, 0.1) is 6.04 Å². The van der Waals surface area contributed by atoms with Gasteiger partial charge >= 0.3 is 0 Å². The van der Waals surface area contributed by atoms with Crippen molar-refractivity contribution in [1.29, 1.82) is 0 Å². The van der Waals surface area contributed by atoms with Crippen molar-refractivity contribution < 1.29 is 0 Å². The van der Waals surface area contributed by atoms with Gasteiger partial charge in [0.25, 0.3) is 0 Å². The van der Waals surface area contributed by atoms with E-state index >= 15 is 0 Å². The van der Waals surface area contributed by atoms with E-state index in [0.29, 0.717) is 6.04 Å². The summed E-state index contributed by atoms with van der Waals surface area (Å²) in [6.45, 7) is 6.52. The lowest BCUT2D eigenvalue weighted by atomic mass is 9.82. The summed E-state index contributed by atoms with van der Waals surface area (Å²) < 4.78 is 0. The molecule has 1 heteroatoms. The summed E-state index contributed by atoms with van der Waals surface area (Å²) in [5.41, 5.74) is 0.190. The standard InChI is InChI=1S/C11H17N/c1-4-8-11(2,3)10-7-5-6-9-12-10/h4-6,8-10H,7H2,1-3H3. The normalized spacial score (nSPS) is 23.8. The molecule has 1 atom stereocenters. The fraction of sp³-hybridized carbons (Fsp3) is 0.545. The number of hydrogen-bond acceptors (Lipinski definition) is 1. The number of hydrogen-bond donors (Lipinski definition) is 0. The minimum atomic E-state index is 0.190. The first-order chi connectivity index (χ1) is 5.67. The van der Waals surface area contributed by atoms with E-state index in [1.807, 2.05) is 12.3 Å². The van der Waals surface area contributed by atoms with E-state index in [9.17, 15) is 0 Å². The molecule has 1 aliphatic heterocycles. The van der Waals surface area contributed by atoms with Crippen molar-refractivity contribution >= 4 is 6.21 Å². The molecule has 1 unspecified atom stereocenters. The van der Waals surface area contributed by atoms with Crippen LogP contribution in [0.5, 0.6) is 0 Å². The molecular weight excluding hydrogens is 146 g/mol. The lowest BCUT2D eigenvalue weighted by Crippen LogP contribution is -2.26. The Bertz CT molecular complexity index is 221. The van der Waals surface area contributed by atoms with Gasteiger partial charge in [-0.3, -0.25) is 4.99 Å². The average Bonchev–Trinajstić information content (AvgIpc) is 2.06. The second kappa shape index (κ2) is 3.70. The molecule has 0 amide bonds. The maximum Gasteiger partial charge on any atom is 0.0619 e. The largest absolute Gasteiger partial charge is 0.289 e. The smallest absolute Gasteiger partial charge is 0.0619 e. The molecule has 0 saturated carbocycles. The number of aliphatic imine (C=N–C) groups is 1. The SMILES string of the molecule is CC=CC(C)(C)C1CC=CC=N1. The maximum atomic E-state index is 4.46. The topological polar surface area (TPSA) is 12.4 Å². The van der Waals surface area contributed by atoms with Crippen LogP contribution in [0.4, 0.5) is 0 Å². The molecule has 0 fully saturated rings. The molecule has 1 aliphatic rings. The molecule has 0 aromatic heterocycles. The van der Waals surface area contributed by atoms with E-state index in [0.717, 1.165) is 6.42 Å². The van der Waals surface area contributed by atoms with Crippen molar-refractivity contribution in [2.45, 2.75) is 33.2 Å². The van der Waals surface area contributed by atoms with Crippen LogP contribution in [0.3, 0.4) is 0 Å². The Morgan fingerprint density at radius 3 is 2.75 bits per heavy atom. The summed E-state index contributed by atoms with van der Waals surface area (Å²) in [6, 6.07) is 0.415. The van der Waals surface area contributed by atoms with Crippen molar-refractivity contribution in [3.63, 3.8) is 0 Å². The Kier molecular flexibility index (Phi) is 2.85. The first-order valence-corrected chi connectivity index (χ1v) is 4.49. The highest BCUT2D eigenvalue weighted by Gasteiger charge is 2.25. The van der Waals surface area contributed by atoms with E-state index < -0.39 is 0 Å². The molecule has 12 heavy (non-hydrogen) atoms. The summed E-state index contributed by atoms with van der Waals surface area (Å²) in [5, 5.41) is 0. The fourth-order valence-corrected chi connectivity index (χ4v) is 1.52. The van der Waals surface area contributed by atoms with Gasteiger partial charge in [-0.25, -0.2) is 0 Å². The highest BCUT2D eigenvalue weighted by Crippen LogP contribution is 2.28. The van der Waals surface area contributed by atoms with Crippen LogP contribution >= 0.6 is 0 Å². The summed E-state index contributed by atoms with van der Waals surface area (Å²) >= 11 is 0. The zero-order chi connectivity index (χ0) is 9.03. The van der Waals surface area contributed by atoms with Crippen molar-refractivity contribution in [3.05, 3.63) is 24.3 Å². The van der Waals surface area contributed by atoms with Gasteiger partial charge < -0.3 is 0 Å². The zero-order valence-corrected chi connectivity index (χ0v) is 8.12. The number of nitrogens with zero attached hydrogens (tertiary/aromatic N) is 1. The molecule has 1 heterocycles. The van der Waals surface area contributed by atoms with Crippen LogP contribution in [0.2, 0.25) is 0 Å². The van der Waals surface area contributed by atoms with E-state index in [-0.39, 0.29) is 5.41 Å². The quantitative estimate of drug-likeness (QED) is 0.555. The van der Waals surface area contributed by atoms with Crippen LogP contribution in [0, 0.1) is 5.41 Å². The molecule has 1 nitrogen and oxygen atoms in total. The van der Waals surface area contributed by atoms with Crippen LogP contribution in [0.1, 0.15) is 27.2 Å². The third-order valence-electron chi connectivity index (χ3n) is 2.30. The number of allylic oxidation sites excluding steroid dienone is 2.